The topological polar surface area (TPSA) is 65.2 Å². The van der Waals surface area contributed by atoms with E-state index in [1.165, 1.54) is 6.92 Å². The molecule has 0 atom stereocenters. The molecule has 0 amide bonds. The van der Waals surface area contributed by atoms with E-state index >= 15 is 0 Å². The Labute approximate surface area is 97.6 Å². The van der Waals surface area contributed by atoms with Gasteiger partial charge in [-0.25, -0.2) is 4.39 Å². The van der Waals surface area contributed by atoms with Crippen molar-refractivity contribution < 1.29 is 13.9 Å². The number of ketones is 1. The van der Waals surface area contributed by atoms with Gasteiger partial charge in [-0.3, -0.25) is 4.79 Å². The molecule has 88 valence electrons. The number of aromatic nitrogens is 1. The van der Waals surface area contributed by atoms with E-state index in [-0.39, 0.29) is 23.2 Å². The zero-order valence-electron chi connectivity index (χ0n) is 9.17. The molecule has 16 heavy (non-hydrogen) atoms. The number of hydrogen-bond donors (Lipinski definition) is 1. The minimum absolute atomic E-state index is 0.0357. The fourth-order valence-corrected chi connectivity index (χ4v) is 1.36. The van der Waals surface area contributed by atoms with Gasteiger partial charge in [0.1, 0.15) is 5.56 Å². The summed E-state index contributed by atoms with van der Waals surface area (Å²) in [4.78, 5) is 15.0. The van der Waals surface area contributed by atoms with Crippen LogP contribution in [0.4, 0.5) is 10.1 Å². The molecule has 6 heteroatoms. The van der Waals surface area contributed by atoms with Crippen LogP contribution < -0.4 is 10.5 Å². The third-order valence-corrected chi connectivity index (χ3v) is 2.05. The predicted octanol–water partition coefficient (Wildman–Crippen LogP) is 2.45. The van der Waals surface area contributed by atoms with Gasteiger partial charge in [0, 0.05) is 0 Å². The highest BCUT2D eigenvalue weighted by Crippen LogP contribution is 2.30. The number of nitrogens with two attached hydrogens (primary N) is 1. The Bertz CT molecular complexity index is 435. The van der Waals surface area contributed by atoms with Crippen molar-refractivity contribution in [2.75, 3.05) is 5.73 Å². The molecule has 0 bridgehead atoms. The maximum atomic E-state index is 13.3. The van der Waals surface area contributed by atoms with Crippen molar-refractivity contribution in [1.82, 2.24) is 4.98 Å². The zero-order chi connectivity index (χ0) is 12.5. The number of pyridine rings is 1. The zero-order valence-corrected chi connectivity index (χ0v) is 9.93. The van der Waals surface area contributed by atoms with Gasteiger partial charge in [-0.05, 0) is 20.8 Å². The van der Waals surface area contributed by atoms with Crippen molar-refractivity contribution in [2.24, 2.45) is 0 Å². The van der Waals surface area contributed by atoms with Gasteiger partial charge in [0.2, 0.25) is 5.88 Å². The Balaban J connectivity index is 3.41. The average Bonchev–Trinajstić information content (AvgIpc) is 2.12. The second-order valence-electron chi connectivity index (χ2n) is 3.53. The summed E-state index contributed by atoms with van der Waals surface area (Å²) in [7, 11) is 0. The van der Waals surface area contributed by atoms with Gasteiger partial charge in [-0.1, -0.05) is 11.6 Å². The van der Waals surface area contributed by atoms with E-state index in [9.17, 15) is 9.18 Å². The summed E-state index contributed by atoms with van der Waals surface area (Å²) in [6, 6.07) is 0. The highest BCUT2D eigenvalue weighted by molar-refractivity contribution is 6.30. The van der Waals surface area contributed by atoms with Gasteiger partial charge in [-0.15, -0.1) is 0 Å². The summed E-state index contributed by atoms with van der Waals surface area (Å²) in [6.07, 6.45) is -0.216. The third-order valence-electron chi connectivity index (χ3n) is 1.80. The molecular weight excluding hydrogens is 235 g/mol. The number of carbonyl (C=O) groups excluding carboxylic acids is 1. The Morgan fingerprint density at radius 3 is 2.56 bits per heavy atom. The molecule has 0 aliphatic rings. The van der Waals surface area contributed by atoms with Gasteiger partial charge in [-0.2, -0.15) is 4.98 Å². The van der Waals surface area contributed by atoms with E-state index in [0.29, 0.717) is 0 Å². The number of ether oxygens (including phenoxy) is 1. The molecule has 1 rings (SSSR count). The maximum absolute atomic E-state index is 13.3. The predicted molar refractivity (Wildman–Crippen MR) is 59.4 cm³/mol. The van der Waals surface area contributed by atoms with E-state index in [4.69, 9.17) is 22.1 Å². The normalized spacial score (nSPS) is 10.6. The Morgan fingerprint density at radius 2 is 2.12 bits per heavy atom. The van der Waals surface area contributed by atoms with Gasteiger partial charge in [0.05, 0.1) is 11.8 Å². The minimum Gasteiger partial charge on any atom is -0.474 e. The minimum atomic E-state index is -0.900. The van der Waals surface area contributed by atoms with Crippen molar-refractivity contribution in [3.8, 4) is 5.88 Å². The Hall–Kier alpha value is -1.36. The molecule has 0 aliphatic heterocycles. The molecule has 2 N–H and O–H groups in total. The van der Waals surface area contributed by atoms with Crippen molar-refractivity contribution in [3.05, 3.63) is 16.5 Å². The van der Waals surface area contributed by atoms with Crippen LogP contribution in [0.15, 0.2) is 0 Å². The molecule has 1 heterocycles. The van der Waals surface area contributed by atoms with Crippen LogP contribution in [0.1, 0.15) is 31.1 Å². The summed E-state index contributed by atoms with van der Waals surface area (Å²) < 4.78 is 18.6. The SMILES string of the molecule is CC(=O)c1c(OC(C)C)nc(Cl)c(F)c1N. The molecule has 4 nitrogen and oxygen atoms in total. The summed E-state index contributed by atoms with van der Waals surface area (Å²) >= 11 is 5.52. The molecule has 0 saturated heterocycles. The first-order chi connectivity index (χ1) is 7.34. The van der Waals surface area contributed by atoms with Crippen LogP contribution in [-0.2, 0) is 0 Å². The van der Waals surface area contributed by atoms with Crippen molar-refractivity contribution in [3.63, 3.8) is 0 Å². The van der Waals surface area contributed by atoms with Crippen LogP contribution in [0.25, 0.3) is 0 Å². The molecule has 1 aromatic heterocycles. The van der Waals surface area contributed by atoms with Crippen LogP contribution in [-0.4, -0.2) is 16.9 Å². The highest BCUT2D eigenvalue weighted by atomic mass is 35.5. The monoisotopic (exact) mass is 246 g/mol. The third kappa shape index (κ3) is 2.41. The number of nitrogens with zero attached hydrogens (tertiary/aromatic N) is 1. The van der Waals surface area contributed by atoms with E-state index in [2.05, 4.69) is 4.98 Å². The van der Waals surface area contributed by atoms with E-state index in [1.54, 1.807) is 13.8 Å². The smallest absolute Gasteiger partial charge is 0.228 e. The summed E-state index contributed by atoms with van der Waals surface area (Å²) in [5, 5.41) is -0.404. The second kappa shape index (κ2) is 4.65. The molecule has 0 saturated carbocycles. The number of halogens is 2. The molecular formula is C10H12ClFN2O2. The largest absolute Gasteiger partial charge is 0.474 e. The number of rotatable bonds is 3. The fraction of sp³-hybridized carbons (Fsp3) is 0.400. The number of carbonyl (C=O) groups is 1. The van der Waals surface area contributed by atoms with Crippen LogP contribution in [0.2, 0.25) is 5.15 Å². The van der Waals surface area contributed by atoms with Crippen molar-refractivity contribution in [1.29, 1.82) is 0 Å². The van der Waals surface area contributed by atoms with Gasteiger partial charge >= 0.3 is 0 Å². The van der Waals surface area contributed by atoms with Crippen LogP contribution in [0, 0.1) is 5.82 Å². The molecule has 0 unspecified atom stereocenters. The number of Topliss-reactive ketones (excluding diaryl/α,β-unsaturated/α-hetero) is 1. The van der Waals surface area contributed by atoms with Crippen molar-refractivity contribution >= 4 is 23.1 Å². The first-order valence-corrected chi connectivity index (χ1v) is 5.04. The van der Waals surface area contributed by atoms with Crippen molar-refractivity contribution in [2.45, 2.75) is 26.9 Å². The Kier molecular flexibility index (Phi) is 3.70. The van der Waals surface area contributed by atoms with Gasteiger partial charge in [0.15, 0.2) is 16.8 Å². The van der Waals surface area contributed by atoms with E-state index in [0.717, 1.165) is 0 Å². The van der Waals surface area contributed by atoms with Crippen LogP contribution in [0.5, 0.6) is 5.88 Å². The summed E-state index contributed by atoms with van der Waals surface area (Å²) in [5.41, 5.74) is 5.06. The lowest BCUT2D eigenvalue weighted by molar-refractivity contribution is 0.101. The maximum Gasteiger partial charge on any atom is 0.228 e. The van der Waals surface area contributed by atoms with Crippen LogP contribution in [0.3, 0.4) is 0 Å². The molecule has 0 spiro atoms. The first-order valence-electron chi connectivity index (χ1n) is 4.66. The van der Waals surface area contributed by atoms with Gasteiger partial charge < -0.3 is 10.5 Å². The summed E-state index contributed by atoms with van der Waals surface area (Å²) in [5.74, 6) is -1.36. The lowest BCUT2D eigenvalue weighted by Crippen LogP contribution is -2.14. The second-order valence-corrected chi connectivity index (χ2v) is 3.89. The standard InChI is InChI=1S/C10H12ClFN2O2/c1-4(2)16-10-6(5(3)15)8(13)7(12)9(11)14-10/h4H,1-3H3,(H2,13,14). The van der Waals surface area contributed by atoms with Crippen LogP contribution >= 0.6 is 11.6 Å². The molecule has 0 radical (unpaired) electrons. The highest BCUT2D eigenvalue weighted by Gasteiger charge is 2.21. The molecule has 0 aromatic carbocycles. The number of anilines is 1. The van der Waals surface area contributed by atoms with Gasteiger partial charge in [0.25, 0.3) is 0 Å². The lowest BCUT2D eigenvalue weighted by atomic mass is 10.1. The quantitative estimate of drug-likeness (QED) is 0.657. The fourth-order valence-electron chi connectivity index (χ4n) is 1.18. The number of hydrogen-bond acceptors (Lipinski definition) is 4. The average molecular weight is 247 g/mol. The Morgan fingerprint density at radius 1 is 1.56 bits per heavy atom. The van der Waals surface area contributed by atoms with E-state index < -0.39 is 16.8 Å². The lowest BCUT2D eigenvalue weighted by Gasteiger charge is -2.14. The molecule has 0 fully saturated rings. The number of nitrogen functional groups attached to an aromatic ring is 1. The summed E-state index contributed by atoms with van der Waals surface area (Å²) in [6.45, 7) is 4.76. The van der Waals surface area contributed by atoms with E-state index in [1.807, 2.05) is 0 Å². The molecule has 1 aromatic rings. The first kappa shape index (κ1) is 12.7. The molecule has 0 aliphatic carbocycles.